The van der Waals surface area contributed by atoms with Crippen LogP contribution in [0.4, 0.5) is 11.8 Å². The molecule has 0 amide bonds. The second kappa shape index (κ2) is 5.05. The van der Waals surface area contributed by atoms with Crippen molar-refractivity contribution in [1.82, 2.24) is 15.0 Å². The number of nitrogens with one attached hydrogen (secondary N) is 1. The lowest BCUT2D eigenvalue weighted by Gasteiger charge is -2.08. The van der Waals surface area contributed by atoms with E-state index < -0.39 is 0 Å². The molecule has 0 fully saturated rings. The highest BCUT2D eigenvalue weighted by atomic mass is 35.5. The van der Waals surface area contributed by atoms with Gasteiger partial charge in [-0.3, -0.25) is 0 Å². The van der Waals surface area contributed by atoms with Crippen LogP contribution in [0, 0.1) is 0 Å². The minimum absolute atomic E-state index is 0.170. The largest absolute Gasteiger partial charge is 0.480 e. The first-order valence-electron chi connectivity index (χ1n) is 5.17. The second-order valence-corrected chi connectivity index (χ2v) is 3.81. The monoisotopic (exact) mass is 265 g/mol. The molecule has 0 unspecified atom stereocenters. The average molecular weight is 266 g/mol. The number of nitrogen functional groups attached to an aromatic ring is 1. The molecule has 2 aromatic rings. The summed E-state index contributed by atoms with van der Waals surface area (Å²) < 4.78 is 5.06. The summed E-state index contributed by atoms with van der Waals surface area (Å²) in [4.78, 5) is 12.2. The first kappa shape index (κ1) is 12.4. The van der Waals surface area contributed by atoms with Crippen LogP contribution in [-0.4, -0.2) is 29.1 Å². The Balaban J connectivity index is 2.58. The van der Waals surface area contributed by atoms with Crippen molar-refractivity contribution in [2.75, 3.05) is 25.2 Å². The van der Waals surface area contributed by atoms with E-state index in [4.69, 9.17) is 22.1 Å². The zero-order valence-corrected chi connectivity index (χ0v) is 10.7. The summed E-state index contributed by atoms with van der Waals surface area (Å²) in [5.41, 5.74) is 6.94. The molecule has 0 aromatic carbocycles. The molecule has 0 atom stereocenters. The normalized spacial score (nSPS) is 10.2. The van der Waals surface area contributed by atoms with Gasteiger partial charge in [-0.2, -0.15) is 4.98 Å². The second-order valence-electron chi connectivity index (χ2n) is 3.43. The Hall–Kier alpha value is -2.08. The summed E-state index contributed by atoms with van der Waals surface area (Å²) in [7, 11) is 3.26. The number of hydrogen-bond acceptors (Lipinski definition) is 6. The van der Waals surface area contributed by atoms with Crippen LogP contribution in [0.25, 0.3) is 11.3 Å². The molecule has 0 radical (unpaired) electrons. The zero-order chi connectivity index (χ0) is 13.1. The Kier molecular flexibility index (Phi) is 3.47. The van der Waals surface area contributed by atoms with Gasteiger partial charge in [0.2, 0.25) is 11.8 Å². The number of hydrogen-bond donors (Lipinski definition) is 2. The maximum Gasteiger partial charge on any atom is 0.232 e. The van der Waals surface area contributed by atoms with E-state index in [0.717, 1.165) is 0 Å². The topological polar surface area (TPSA) is 86.0 Å². The molecule has 0 aliphatic heterocycles. The maximum absolute atomic E-state index is 6.18. The van der Waals surface area contributed by atoms with Gasteiger partial charge in [0.15, 0.2) is 0 Å². The molecule has 0 saturated heterocycles. The Morgan fingerprint density at radius 2 is 2.17 bits per heavy atom. The highest BCUT2D eigenvalue weighted by Gasteiger charge is 2.12. The van der Waals surface area contributed by atoms with Crippen LogP contribution in [0.2, 0.25) is 5.02 Å². The molecule has 0 spiro atoms. The third-order valence-electron chi connectivity index (χ3n) is 2.33. The molecule has 6 nitrogen and oxygen atoms in total. The number of nitrogens with zero attached hydrogens (tertiary/aromatic N) is 3. The van der Waals surface area contributed by atoms with Crippen LogP contribution in [0.5, 0.6) is 5.88 Å². The van der Waals surface area contributed by atoms with Crippen molar-refractivity contribution in [2.45, 2.75) is 0 Å². The summed E-state index contributed by atoms with van der Waals surface area (Å²) in [6, 6.07) is 3.49. The average Bonchev–Trinajstić information content (AvgIpc) is 2.38. The molecule has 0 aliphatic carbocycles. The van der Waals surface area contributed by atoms with Gasteiger partial charge in [0.05, 0.1) is 12.8 Å². The van der Waals surface area contributed by atoms with E-state index in [9.17, 15) is 0 Å². The lowest BCUT2D eigenvalue weighted by molar-refractivity contribution is 0.398. The molecule has 18 heavy (non-hydrogen) atoms. The molecular weight excluding hydrogens is 254 g/mol. The number of halogens is 1. The highest BCUT2D eigenvalue weighted by Crippen LogP contribution is 2.33. The summed E-state index contributed by atoms with van der Waals surface area (Å²) in [5.74, 6) is 1.13. The van der Waals surface area contributed by atoms with Gasteiger partial charge in [0.1, 0.15) is 10.8 Å². The van der Waals surface area contributed by atoms with Gasteiger partial charge >= 0.3 is 0 Å². The van der Waals surface area contributed by atoms with Crippen LogP contribution in [0.3, 0.4) is 0 Å². The van der Waals surface area contributed by atoms with Gasteiger partial charge in [-0.15, -0.1) is 0 Å². The Morgan fingerprint density at radius 3 is 2.83 bits per heavy atom. The number of methoxy groups -OCH3 is 1. The van der Waals surface area contributed by atoms with Crippen molar-refractivity contribution in [3.63, 3.8) is 0 Å². The van der Waals surface area contributed by atoms with E-state index in [1.54, 1.807) is 25.4 Å². The molecule has 2 heterocycles. The fourth-order valence-electron chi connectivity index (χ4n) is 1.50. The van der Waals surface area contributed by atoms with Crippen molar-refractivity contribution in [1.29, 1.82) is 0 Å². The summed E-state index contributed by atoms with van der Waals surface area (Å²) in [6.45, 7) is 0. The molecule has 7 heteroatoms. The van der Waals surface area contributed by atoms with Crippen molar-refractivity contribution < 1.29 is 4.74 Å². The minimum Gasteiger partial charge on any atom is -0.480 e. The summed E-state index contributed by atoms with van der Waals surface area (Å²) in [5, 5.41) is 3.29. The van der Waals surface area contributed by atoms with E-state index in [1.165, 1.54) is 7.11 Å². The SMILES string of the molecule is CNc1cc(-c2ccnc(OC)c2Cl)nc(N)n1. The molecule has 94 valence electrons. The summed E-state index contributed by atoms with van der Waals surface area (Å²) in [6.07, 6.45) is 1.59. The van der Waals surface area contributed by atoms with E-state index in [2.05, 4.69) is 20.3 Å². The van der Waals surface area contributed by atoms with Crippen LogP contribution in [-0.2, 0) is 0 Å². The Labute approximate surface area is 109 Å². The lowest BCUT2D eigenvalue weighted by Crippen LogP contribution is -2.01. The molecule has 2 rings (SSSR count). The molecule has 0 saturated carbocycles. The van der Waals surface area contributed by atoms with E-state index in [-0.39, 0.29) is 5.95 Å². The predicted octanol–water partition coefficient (Wildman–Crippen LogP) is 1.82. The number of pyridine rings is 1. The number of rotatable bonds is 3. The maximum atomic E-state index is 6.18. The van der Waals surface area contributed by atoms with Crippen LogP contribution >= 0.6 is 11.6 Å². The van der Waals surface area contributed by atoms with E-state index in [1.807, 2.05) is 0 Å². The molecule has 2 aromatic heterocycles. The van der Waals surface area contributed by atoms with Gasteiger partial charge in [-0.25, -0.2) is 9.97 Å². The molecule has 3 N–H and O–H groups in total. The van der Waals surface area contributed by atoms with Crippen LogP contribution in [0.1, 0.15) is 0 Å². The van der Waals surface area contributed by atoms with Gasteiger partial charge in [0, 0.05) is 24.9 Å². The van der Waals surface area contributed by atoms with Gasteiger partial charge < -0.3 is 15.8 Å². The standard InChI is InChI=1S/C11H12ClN5O/c1-14-8-5-7(16-11(13)17-8)6-3-4-15-10(18-2)9(6)12/h3-5H,1-2H3,(H3,13,14,16,17). The third kappa shape index (κ3) is 2.28. The number of nitrogens with two attached hydrogens (primary N) is 1. The van der Waals surface area contributed by atoms with Gasteiger partial charge in [-0.05, 0) is 6.07 Å². The summed E-state index contributed by atoms with van der Waals surface area (Å²) >= 11 is 6.18. The first-order valence-corrected chi connectivity index (χ1v) is 5.54. The quantitative estimate of drug-likeness (QED) is 0.880. The zero-order valence-electron chi connectivity index (χ0n) is 9.94. The number of aromatic nitrogens is 3. The Bertz CT molecular complexity index is 575. The van der Waals surface area contributed by atoms with Crippen molar-refractivity contribution in [3.8, 4) is 17.1 Å². The van der Waals surface area contributed by atoms with Gasteiger partial charge in [0.25, 0.3) is 0 Å². The van der Waals surface area contributed by atoms with E-state index >= 15 is 0 Å². The smallest absolute Gasteiger partial charge is 0.232 e. The van der Waals surface area contributed by atoms with Crippen molar-refractivity contribution in [2.24, 2.45) is 0 Å². The van der Waals surface area contributed by atoms with Crippen molar-refractivity contribution in [3.05, 3.63) is 23.4 Å². The fraction of sp³-hybridized carbons (Fsp3) is 0.182. The van der Waals surface area contributed by atoms with Crippen LogP contribution in [0.15, 0.2) is 18.3 Å². The third-order valence-corrected chi connectivity index (χ3v) is 2.69. The minimum atomic E-state index is 0.170. The number of ether oxygens (including phenoxy) is 1. The fourth-order valence-corrected chi connectivity index (χ4v) is 1.78. The molecule has 0 aliphatic rings. The molecule has 0 bridgehead atoms. The van der Waals surface area contributed by atoms with Gasteiger partial charge in [-0.1, -0.05) is 11.6 Å². The highest BCUT2D eigenvalue weighted by molar-refractivity contribution is 6.34. The van der Waals surface area contributed by atoms with Crippen LogP contribution < -0.4 is 15.8 Å². The predicted molar refractivity (Wildman–Crippen MR) is 70.8 cm³/mol. The van der Waals surface area contributed by atoms with E-state index in [0.29, 0.717) is 28.0 Å². The first-order chi connectivity index (χ1) is 8.65. The van der Waals surface area contributed by atoms with Crippen molar-refractivity contribution >= 4 is 23.4 Å². The Morgan fingerprint density at radius 1 is 1.39 bits per heavy atom. The molecular formula is C11H12ClN5O. The lowest BCUT2D eigenvalue weighted by atomic mass is 10.2. The number of anilines is 2.